The molecule has 1 saturated heterocycles. The molecule has 1 aliphatic rings. The van der Waals surface area contributed by atoms with Crippen molar-refractivity contribution in [2.45, 2.75) is 6.10 Å². The Morgan fingerprint density at radius 1 is 1.53 bits per heavy atom. The fourth-order valence-electron chi connectivity index (χ4n) is 0.816. The van der Waals surface area contributed by atoms with Gasteiger partial charge in [-0.2, -0.15) is 5.90 Å². The minimum atomic E-state index is -0.513. The summed E-state index contributed by atoms with van der Waals surface area (Å²) in [4.78, 5) is 14.7. The number of hydrogen-bond donors (Lipinski definition) is 2. The van der Waals surface area contributed by atoms with Gasteiger partial charge < -0.3 is 14.7 Å². The molecule has 5 nitrogen and oxygen atoms in total. The van der Waals surface area contributed by atoms with Gasteiger partial charge in [-0.15, -0.1) is 0 Å². The summed E-state index contributed by atoms with van der Waals surface area (Å²) in [5.41, 5.74) is 0.463. The van der Waals surface area contributed by atoms with E-state index in [9.17, 15) is 4.79 Å². The fourth-order valence-corrected chi connectivity index (χ4v) is 0.816. The second-order valence-corrected chi connectivity index (χ2v) is 2.91. The van der Waals surface area contributed by atoms with Crippen LogP contribution in [-0.2, 0) is 9.57 Å². The van der Waals surface area contributed by atoms with Crippen molar-refractivity contribution in [1.82, 2.24) is 0 Å². The monoisotopic (exact) mass is 211 g/mol. The van der Waals surface area contributed by atoms with E-state index >= 15 is 0 Å². The maximum Gasteiger partial charge on any atom is 0.356 e. The van der Waals surface area contributed by atoms with Crippen molar-refractivity contribution in [3.8, 4) is 0 Å². The largest absolute Gasteiger partial charge is 0.394 e. The minimum Gasteiger partial charge on any atom is -0.394 e. The first kappa shape index (κ1) is 11.6. The molecular weight excluding hydrogens is 198 g/mol. The van der Waals surface area contributed by atoms with Crippen LogP contribution in [0.5, 0.6) is 0 Å². The van der Waals surface area contributed by atoms with Crippen LogP contribution >= 0.6 is 0 Å². The number of hydrogen-bond acceptors (Lipinski definition) is 5. The molecule has 1 aromatic carbocycles. The van der Waals surface area contributed by atoms with Gasteiger partial charge in [-0.1, -0.05) is 18.2 Å². The predicted octanol–water partition coefficient (Wildman–Crippen LogP) is 0.0946. The highest BCUT2D eigenvalue weighted by Crippen LogP contribution is 2.04. The van der Waals surface area contributed by atoms with Gasteiger partial charge in [0.2, 0.25) is 0 Å². The fraction of sp³-hybridized carbons (Fsp3) is 0.300. The molecule has 1 heterocycles. The third-order valence-electron chi connectivity index (χ3n) is 1.72. The summed E-state index contributed by atoms with van der Waals surface area (Å²) in [7, 11) is 0. The molecule has 82 valence electrons. The summed E-state index contributed by atoms with van der Waals surface area (Å²) in [6.07, 6.45) is 0.190. The SMILES string of the molecule is NOC(=O)c1ccccc1.OCC1CO1. The Balaban J connectivity index is 0.000000187. The molecule has 0 saturated carbocycles. The zero-order chi connectivity index (χ0) is 11.1. The van der Waals surface area contributed by atoms with E-state index in [1.165, 1.54) is 0 Å². The highest BCUT2D eigenvalue weighted by molar-refractivity contribution is 5.88. The summed E-state index contributed by atoms with van der Waals surface area (Å²) >= 11 is 0. The van der Waals surface area contributed by atoms with Gasteiger partial charge >= 0.3 is 5.97 Å². The van der Waals surface area contributed by atoms with E-state index in [0.717, 1.165) is 6.61 Å². The van der Waals surface area contributed by atoms with Crippen LogP contribution < -0.4 is 5.90 Å². The highest BCUT2D eigenvalue weighted by Gasteiger charge is 2.19. The molecule has 1 aliphatic heterocycles. The lowest BCUT2D eigenvalue weighted by Gasteiger charge is -1.94. The minimum absolute atomic E-state index is 0.190. The average molecular weight is 211 g/mol. The summed E-state index contributed by atoms with van der Waals surface area (Å²) in [6, 6.07) is 8.57. The number of nitrogens with two attached hydrogens (primary N) is 1. The summed E-state index contributed by atoms with van der Waals surface area (Å²) in [6.45, 7) is 0.955. The first-order valence-corrected chi connectivity index (χ1v) is 4.46. The molecule has 1 unspecified atom stereocenters. The lowest BCUT2D eigenvalue weighted by atomic mass is 10.2. The van der Waals surface area contributed by atoms with Gasteiger partial charge in [-0.05, 0) is 12.1 Å². The summed E-state index contributed by atoms with van der Waals surface area (Å²) < 4.78 is 4.61. The van der Waals surface area contributed by atoms with Crippen molar-refractivity contribution in [2.24, 2.45) is 5.90 Å². The lowest BCUT2D eigenvalue weighted by molar-refractivity contribution is 0.0503. The van der Waals surface area contributed by atoms with Gasteiger partial charge in [0.25, 0.3) is 0 Å². The Hall–Kier alpha value is -1.43. The molecule has 0 spiro atoms. The first-order valence-electron chi connectivity index (χ1n) is 4.46. The molecule has 0 aromatic heterocycles. The van der Waals surface area contributed by atoms with Gasteiger partial charge in [0.05, 0.1) is 18.8 Å². The van der Waals surface area contributed by atoms with Gasteiger partial charge in [-0.3, -0.25) is 0 Å². The molecular formula is C10H13NO4. The summed E-state index contributed by atoms with van der Waals surface area (Å²) in [5, 5.41) is 8.08. The van der Waals surface area contributed by atoms with Crippen molar-refractivity contribution >= 4 is 5.97 Å². The molecule has 15 heavy (non-hydrogen) atoms. The van der Waals surface area contributed by atoms with Crippen LogP contribution in [-0.4, -0.2) is 30.4 Å². The number of benzene rings is 1. The number of aliphatic hydroxyl groups excluding tert-OH is 1. The van der Waals surface area contributed by atoms with E-state index < -0.39 is 5.97 Å². The quantitative estimate of drug-likeness (QED) is 0.535. The second-order valence-electron chi connectivity index (χ2n) is 2.91. The van der Waals surface area contributed by atoms with E-state index in [0.29, 0.717) is 5.56 Å². The Labute approximate surface area is 87.4 Å². The molecule has 0 bridgehead atoms. The third-order valence-corrected chi connectivity index (χ3v) is 1.72. The molecule has 2 rings (SSSR count). The summed E-state index contributed by atoms with van der Waals surface area (Å²) in [5.74, 6) is 4.14. The van der Waals surface area contributed by atoms with Crippen LogP contribution in [0.15, 0.2) is 30.3 Å². The molecule has 1 atom stereocenters. The highest BCUT2D eigenvalue weighted by atomic mass is 16.7. The number of ether oxygens (including phenoxy) is 1. The predicted molar refractivity (Wildman–Crippen MR) is 52.9 cm³/mol. The van der Waals surface area contributed by atoms with E-state index in [-0.39, 0.29) is 12.7 Å². The molecule has 5 heteroatoms. The molecule has 0 amide bonds. The number of rotatable bonds is 2. The lowest BCUT2D eigenvalue weighted by Crippen LogP contribution is -2.09. The first-order chi connectivity index (χ1) is 7.27. The Morgan fingerprint density at radius 3 is 2.47 bits per heavy atom. The number of epoxide rings is 1. The van der Waals surface area contributed by atoms with E-state index in [4.69, 9.17) is 5.11 Å². The number of carbonyl (C=O) groups excluding carboxylic acids is 1. The van der Waals surface area contributed by atoms with Crippen molar-refractivity contribution in [2.75, 3.05) is 13.2 Å². The van der Waals surface area contributed by atoms with Crippen LogP contribution in [0.25, 0.3) is 0 Å². The van der Waals surface area contributed by atoms with Crippen LogP contribution in [0.1, 0.15) is 10.4 Å². The van der Waals surface area contributed by atoms with E-state index in [1.54, 1.807) is 24.3 Å². The standard InChI is InChI=1S/C7H7NO2.C3H6O2/c8-10-7(9)6-4-2-1-3-5-6;4-1-3-2-5-3/h1-5H,8H2;3-4H,1-2H2. The number of aliphatic hydroxyl groups is 1. The normalized spacial score (nSPS) is 17.3. The van der Waals surface area contributed by atoms with Crippen molar-refractivity contribution in [3.63, 3.8) is 0 Å². The van der Waals surface area contributed by atoms with Crippen LogP contribution in [0.2, 0.25) is 0 Å². The third kappa shape index (κ3) is 4.55. The zero-order valence-corrected chi connectivity index (χ0v) is 8.13. The average Bonchev–Trinajstić information content (AvgIpc) is 3.13. The van der Waals surface area contributed by atoms with Gasteiger partial charge in [0.15, 0.2) is 0 Å². The second kappa shape index (κ2) is 6.13. The molecule has 0 radical (unpaired) electrons. The maximum atomic E-state index is 10.7. The Morgan fingerprint density at radius 2 is 2.13 bits per heavy atom. The van der Waals surface area contributed by atoms with E-state index in [2.05, 4.69) is 15.5 Å². The zero-order valence-electron chi connectivity index (χ0n) is 8.13. The molecule has 3 N–H and O–H groups in total. The van der Waals surface area contributed by atoms with Crippen molar-refractivity contribution < 1.29 is 19.5 Å². The van der Waals surface area contributed by atoms with Gasteiger partial charge in [0, 0.05) is 0 Å². The molecule has 0 aliphatic carbocycles. The Bertz CT molecular complexity index is 298. The van der Waals surface area contributed by atoms with Gasteiger partial charge in [0.1, 0.15) is 6.10 Å². The molecule has 1 aromatic rings. The van der Waals surface area contributed by atoms with Crippen LogP contribution in [0, 0.1) is 0 Å². The van der Waals surface area contributed by atoms with Gasteiger partial charge in [-0.25, -0.2) is 4.79 Å². The Kier molecular flexibility index (Phi) is 4.76. The van der Waals surface area contributed by atoms with Crippen molar-refractivity contribution in [3.05, 3.63) is 35.9 Å². The van der Waals surface area contributed by atoms with Crippen molar-refractivity contribution in [1.29, 1.82) is 0 Å². The molecule has 1 fully saturated rings. The van der Waals surface area contributed by atoms with E-state index in [1.807, 2.05) is 6.07 Å². The smallest absolute Gasteiger partial charge is 0.356 e. The number of carbonyl (C=O) groups is 1. The van der Waals surface area contributed by atoms with Crippen LogP contribution in [0.4, 0.5) is 0 Å². The topological polar surface area (TPSA) is 85.1 Å². The van der Waals surface area contributed by atoms with Crippen LogP contribution in [0.3, 0.4) is 0 Å². The maximum absolute atomic E-state index is 10.7.